The van der Waals surface area contributed by atoms with Gasteiger partial charge in [-0.3, -0.25) is 28.9 Å². The van der Waals surface area contributed by atoms with Crippen molar-refractivity contribution >= 4 is 78.2 Å². The number of esters is 1. The second-order valence-electron chi connectivity index (χ2n) is 24.6. The highest BCUT2D eigenvalue weighted by Crippen LogP contribution is 2.67. The zero-order valence-corrected chi connectivity index (χ0v) is 46.3. The summed E-state index contributed by atoms with van der Waals surface area (Å²) in [5.41, 5.74) is 7.90. The lowest BCUT2D eigenvalue weighted by molar-refractivity contribution is -0.199. The third kappa shape index (κ3) is 9.11. The van der Waals surface area contributed by atoms with Gasteiger partial charge in [-0.05, 0) is 109 Å². The van der Waals surface area contributed by atoms with Crippen molar-refractivity contribution in [1.82, 2.24) is 10.2 Å². The summed E-state index contributed by atoms with van der Waals surface area (Å²) in [5.74, 6) is -0.341. The van der Waals surface area contributed by atoms with Gasteiger partial charge in [0.25, 0.3) is 0 Å². The number of carboxylic acid groups (broad SMARTS) is 1. The number of nitrogens with zero attached hydrogens (tertiary/aromatic N) is 1. The molecule has 11 atom stereocenters. The number of likely N-dealkylation sites (tertiary alicyclic amines) is 1. The van der Waals surface area contributed by atoms with E-state index in [1.165, 1.54) is 0 Å². The van der Waals surface area contributed by atoms with E-state index in [4.69, 9.17) is 48.4 Å². The van der Waals surface area contributed by atoms with Crippen molar-refractivity contribution in [3.63, 3.8) is 0 Å². The number of imide groups is 1. The Morgan fingerprint density at radius 1 is 0.810 bits per heavy atom. The average Bonchev–Trinajstić information content (AvgIpc) is 4.32. The smallest absolute Gasteiger partial charge is 0.480 e. The zero-order chi connectivity index (χ0) is 55.6. The van der Waals surface area contributed by atoms with Gasteiger partial charge < -0.3 is 59.0 Å². The van der Waals surface area contributed by atoms with Crippen LogP contribution in [0.2, 0.25) is 0 Å². The van der Waals surface area contributed by atoms with Crippen molar-refractivity contribution in [2.24, 2.45) is 40.2 Å². The summed E-state index contributed by atoms with van der Waals surface area (Å²) in [6.45, 7) is 14.5. The van der Waals surface area contributed by atoms with E-state index in [2.05, 4.69) is 52.2 Å². The Balaban J connectivity index is 0.671. The number of carboxylic acids is 1. The molecule has 4 bridgehead atoms. The van der Waals surface area contributed by atoms with Crippen LogP contribution in [0.4, 0.5) is 5.69 Å². The van der Waals surface area contributed by atoms with E-state index in [1.54, 1.807) is 12.1 Å². The number of nitrogens with two attached hydrogens (primary N) is 1. The maximum atomic E-state index is 14.3. The number of hydrogen-bond acceptors (Lipinski definition) is 16. The standard InChI is InChI=1S/C57H68B2N4O15S/c1-53(2)31-21-39(53)49-55(5,28-31)77-59(76-49)33-8-11-38-42(25-33)73-41-24-32(58-75-45-23-30-22-44(54(30,3)4)56(45,6)78-58)7-10-37(41)57(38)36-12-9-34(26-35(36)52(70)74-57)62-47(65)14-17-71-19-20-72-18-15-61-46(64)13-16-63-48(66)27-43(50(63)67)79-29-40(60)51(68)69/h7-12,24-26,30-31,39-40,43-45,49H,13-23,27-29,60H2,1-6H3,(H,61,64)(H,62,65)(H,68,69)/t30-,31+,39-,40?,43?,44-,45?,49?,55-,56-,57?/m0/s1. The molecule has 11 aliphatic rings. The number of rotatable bonds is 19. The monoisotopic (exact) mass is 1100 g/mol. The average molecular weight is 1100 g/mol. The topological polar surface area (TPSA) is 250 Å². The number of ether oxygens (including phenoxy) is 4. The fourth-order valence-corrected chi connectivity index (χ4v) is 15.7. The third-order valence-electron chi connectivity index (χ3n) is 19.4. The van der Waals surface area contributed by atoms with Crippen LogP contribution in [0.1, 0.15) is 114 Å². The summed E-state index contributed by atoms with van der Waals surface area (Å²) in [6.07, 6.45) is 3.98. The van der Waals surface area contributed by atoms with Crippen LogP contribution >= 0.6 is 11.8 Å². The van der Waals surface area contributed by atoms with Crippen LogP contribution < -0.4 is 32.0 Å². The number of nitrogens with one attached hydrogen (secondary N) is 2. The van der Waals surface area contributed by atoms with Crippen LogP contribution in [0.15, 0.2) is 54.6 Å². The Morgan fingerprint density at radius 2 is 1.51 bits per heavy atom. The number of aliphatic carboxylic acids is 1. The third-order valence-corrected chi connectivity index (χ3v) is 20.7. The van der Waals surface area contributed by atoms with Gasteiger partial charge in [-0.2, -0.15) is 0 Å². The summed E-state index contributed by atoms with van der Waals surface area (Å²) in [4.78, 5) is 76.9. The fraction of sp³-hybridized carbons (Fsp3) is 0.579. The molecule has 5 unspecified atom stereocenters. The van der Waals surface area contributed by atoms with Crippen molar-refractivity contribution in [2.75, 3.05) is 50.6 Å². The number of hydrogen-bond donors (Lipinski definition) is 4. The lowest BCUT2D eigenvalue weighted by atomic mass is 9.43. The van der Waals surface area contributed by atoms with Crippen molar-refractivity contribution in [1.29, 1.82) is 0 Å². The Hall–Kier alpha value is -5.32. The molecule has 0 radical (unpaired) electrons. The van der Waals surface area contributed by atoms with Gasteiger partial charge in [-0.15, -0.1) is 11.8 Å². The van der Waals surface area contributed by atoms with Crippen molar-refractivity contribution in [2.45, 2.75) is 127 Å². The molecule has 6 aliphatic carbocycles. The first-order chi connectivity index (χ1) is 37.6. The van der Waals surface area contributed by atoms with E-state index < -0.39 is 66.1 Å². The van der Waals surface area contributed by atoms with Crippen molar-refractivity contribution in [3.05, 3.63) is 76.9 Å². The number of thioether (sulfide) groups is 1. The number of amides is 4. The molecule has 5 aliphatic heterocycles. The molecular weight excluding hydrogens is 1030 g/mol. The lowest BCUT2D eigenvalue weighted by Crippen LogP contribution is -2.65. The SMILES string of the molecule is CC1(C)[C@@H]2C[C@H]1C1OB(c3ccc4c(c3)Oc3cc(B5OC6C[C@@H]7C[C@@H](C7(C)C)[C@]6(C)O5)ccc3C43OC(=O)c4cc(NC(=O)CCOCCOCCNC(=O)CCN5C(=O)CC(SCC(N)C(=O)O)C5=O)ccc43)O[C@@]1(C)C2. The van der Waals surface area contributed by atoms with E-state index in [0.29, 0.717) is 63.1 Å². The maximum Gasteiger partial charge on any atom is 0.494 e. The number of fused-ring (bicyclic) bond motifs is 6. The Bertz CT molecular complexity index is 2980. The second-order valence-corrected chi connectivity index (χ2v) is 25.8. The minimum absolute atomic E-state index is 0.0134. The molecule has 1 spiro atoms. The first-order valence-corrected chi connectivity index (χ1v) is 28.8. The molecule has 22 heteroatoms. The Kier molecular flexibility index (Phi) is 13.7. The molecule has 0 aromatic heterocycles. The molecule has 6 saturated carbocycles. The lowest BCUT2D eigenvalue weighted by Gasteiger charge is -2.64. The number of carbonyl (C=O) groups is 6. The molecule has 5 heterocycles. The number of benzene rings is 3. The van der Waals surface area contributed by atoms with Gasteiger partial charge in [0.1, 0.15) is 17.5 Å². The highest BCUT2D eigenvalue weighted by molar-refractivity contribution is 8.00. The van der Waals surface area contributed by atoms with Gasteiger partial charge in [0.2, 0.25) is 23.6 Å². The highest BCUT2D eigenvalue weighted by atomic mass is 32.2. The summed E-state index contributed by atoms with van der Waals surface area (Å²) in [5, 5.41) is 13.8. The fourth-order valence-electron chi connectivity index (χ4n) is 14.6. The molecule has 79 heavy (non-hydrogen) atoms. The van der Waals surface area contributed by atoms with Gasteiger partial charge in [0.05, 0.1) is 67.1 Å². The predicted molar refractivity (Wildman–Crippen MR) is 290 cm³/mol. The largest absolute Gasteiger partial charge is 0.494 e. The van der Waals surface area contributed by atoms with Crippen molar-refractivity contribution in [3.8, 4) is 11.5 Å². The molecule has 19 nitrogen and oxygen atoms in total. The Labute approximate surface area is 464 Å². The quantitative estimate of drug-likeness (QED) is 0.0567. The van der Waals surface area contributed by atoms with Crippen molar-refractivity contribution < 1.29 is 71.4 Å². The van der Waals surface area contributed by atoms with Gasteiger partial charge >= 0.3 is 26.2 Å². The molecule has 3 aromatic carbocycles. The van der Waals surface area contributed by atoms with Crippen LogP contribution in [0.3, 0.4) is 0 Å². The summed E-state index contributed by atoms with van der Waals surface area (Å²) in [6, 6.07) is 15.8. The van der Waals surface area contributed by atoms with Gasteiger partial charge in [-0.1, -0.05) is 58.0 Å². The van der Waals surface area contributed by atoms with Crippen LogP contribution in [-0.4, -0.2) is 140 Å². The number of anilines is 1. The van der Waals surface area contributed by atoms with E-state index >= 15 is 0 Å². The summed E-state index contributed by atoms with van der Waals surface area (Å²) >= 11 is 1.02. The van der Waals surface area contributed by atoms with Gasteiger partial charge in [-0.25, -0.2) is 4.79 Å². The summed E-state index contributed by atoms with van der Waals surface area (Å²) < 4.78 is 52.0. The molecule has 4 amide bonds. The summed E-state index contributed by atoms with van der Waals surface area (Å²) in [7, 11) is -1.22. The predicted octanol–water partition coefficient (Wildman–Crippen LogP) is 4.27. The van der Waals surface area contributed by atoms with Gasteiger partial charge in [0, 0.05) is 54.1 Å². The van der Waals surface area contributed by atoms with Crippen LogP contribution in [0.5, 0.6) is 11.5 Å². The molecule has 14 rings (SSSR count). The Morgan fingerprint density at radius 3 is 2.20 bits per heavy atom. The van der Waals surface area contributed by atoms with E-state index in [1.807, 2.05) is 42.5 Å². The molecule has 3 saturated heterocycles. The van der Waals surface area contributed by atoms with Gasteiger partial charge in [0.15, 0.2) is 5.60 Å². The molecule has 418 valence electrons. The number of carbonyl (C=O) groups excluding carboxylic acids is 5. The zero-order valence-electron chi connectivity index (χ0n) is 45.5. The molecular formula is C57H68B2N4O15S. The molecule has 5 N–H and O–H groups in total. The van der Waals surface area contributed by atoms with Crippen LogP contribution in [0.25, 0.3) is 0 Å². The maximum absolute atomic E-state index is 14.3. The molecule has 3 aromatic rings. The molecule has 9 fully saturated rings. The first-order valence-electron chi connectivity index (χ1n) is 27.8. The highest BCUT2D eigenvalue weighted by Gasteiger charge is 2.69. The van der Waals surface area contributed by atoms with E-state index in [-0.39, 0.29) is 99.4 Å². The minimum atomic E-state index is -1.40. The minimum Gasteiger partial charge on any atom is -0.480 e. The van der Waals surface area contributed by atoms with Crippen LogP contribution in [-0.2, 0) is 62.4 Å². The van der Waals surface area contributed by atoms with E-state index in [0.717, 1.165) is 53.3 Å². The first kappa shape index (κ1) is 54.3. The van der Waals surface area contributed by atoms with Crippen LogP contribution in [0, 0.1) is 34.5 Å². The van der Waals surface area contributed by atoms with E-state index in [9.17, 15) is 28.8 Å². The normalized spacial score (nSPS) is 32.0. The second kappa shape index (κ2) is 20.0.